The van der Waals surface area contributed by atoms with Crippen molar-refractivity contribution >= 4 is 11.3 Å². The van der Waals surface area contributed by atoms with Crippen LogP contribution in [-0.4, -0.2) is 22.2 Å². The molecule has 1 saturated carbocycles. The van der Waals surface area contributed by atoms with Gasteiger partial charge >= 0.3 is 0 Å². The Hall–Kier alpha value is -0.450. The SMILES string of the molecule is CC(NCC1(O)CCC(C)(C)CC1)c1cncs1. The minimum Gasteiger partial charge on any atom is -0.389 e. The maximum atomic E-state index is 10.6. The summed E-state index contributed by atoms with van der Waals surface area (Å²) in [6.45, 7) is 7.39. The van der Waals surface area contributed by atoms with Crippen LogP contribution in [0.3, 0.4) is 0 Å². The molecule has 0 bridgehead atoms. The zero-order valence-corrected chi connectivity index (χ0v) is 12.4. The van der Waals surface area contributed by atoms with Crippen LogP contribution in [0.15, 0.2) is 11.7 Å². The summed E-state index contributed by atoms with van der Waals surface area (Å²) >= 11 is 1.66. The molecule has 1 heterocycles. The molecule has 2 rings (SSSR count). The summed E-state index contributed by atoms with van der Waals surface area (Å²) in [5, 5.41) is 14.0. The zero-order chi connectivity index (χ0) is 13.2. The number of nitrogens with zero attached hydrogens (tertiary/aromatic N) is 1. The number of nitrogens with one attached hydrogen (secondary N) is 1. The van der Waals surface area contributed by atoms with Crippen LogP contribution >= 0.6 is 11.3 Å². The molecule has 4 heteroatoms. The second-order valence-corrected chi connectivity index (χ2v) is 7.31. The molecule has 0 saturated heterocycles. The molecule has 1 aliphatic rings. The largest absolute Gasteiger partial charge is 0.389 e. The van der Waals surface area contributed by atoms with Crippen molar-refractivity contribution in [1.82, 2.24) is 10.3 Å². The summed E-state index contributed by atoms with van der Waals surface area (Å²) in [6.07, 6.45) is 5.93. The monoisotopic (exact) mass is 268 g/mol. The highest BCUT2D eigenvalue weighted by Gasteiger charge is 2.36. The molecule has 2 N–H and O–H groups in total. The first-order valence-electron chi connectivity index (χ1n) is 6.74. The van der Waals surface area contributed by atoms with E-state index in [0.717, 1.165) is 25.7 Å². The van der Waals surface area contributed by atoms with Crippen LogP contribution in [-0.2, 0) is 0 Å². The van der Waals surface area contributed by atoms with Crippen LogP contribution < -0.4 is 5.32 Å². The van der Waals surface area contributed by atoms with E-state index in [1.54, 1.807) is 11.3 Å². The van der Waals surface area contributed by atoms with Gasteiger partial charge in [0.25, 0.3) is 0 Å². The Morgan fingerprint density at radius 3 is 2.61 bits per heavy atom. The number of aromatic nitrogens is 1. The van der Waals surface area contributed by atoms with Gasteiger partial charge < -0.3 is 10.4 Å². The third-order valence-electron chi connectivity index (χ3n) is 4.15. The third kappa shape index (κ3) is 3.53. The molecule has 0 aliphatic heterocycles. The quantitative estimate of drug-likeness (QED) is 0.882. The van der Waals surface area contributed by atoms with Crippen LogP contribution in [0.5, 0.6) is 0 Å². The summed E-state index contributed by atoms with van der Waals surface area (Å²) in [7, 11) is 0. The summed E-state index contributed by atoms with van der Waals surface area (Å²) in [5.74, 6) is 0. The van der Waals surface area contributed by atoms with Crippen molar-refractivity contribution in [3.63, 3.8) is 0 Å². The lowest BCUT2D eigenvalue weighted by Gasteiger charge is -2.40. The molecule has 0 spiro atoms. The highest BCUT2D eigenvalue weighted by atomic mass is 32.1. The first kappa shape index (κ1) is 14.0. The lowest BCUT2D eigenvalue weighted by Crippen LogP contribution is -2.45. The molecule has 3 nitrogen and oxygen atoms in total. The van der Waals surface area contributed by atoms with Crippen LogP contribution in [0, 0.1) is 5.41 Å². The van der Waals surface area contributed by atoms with Crippen molar-refractivity contribution in [3.8, 4) is 0 Å². The lowest BCUT2D eigenvalue weighted by molar-refractivity contribution is -0.0257. The van der Waals surface area contributed by atoms with Crippen molar-refractivity contribution < 1.29 is 5.11 Å². The second-order valence-electron chi connectivity index (χ2n) is 6.39. The van der Waals surface area contributed by atoms with Crippen LogP contribution in [0.4, 0.5) is 0 Å². The van der Waals surface area contributed by atoms with Crippen LogP contribution in [0.1, 0.15) is 57.4 Å². The van der Waals surface area contributed by atoms with E-state index in [9.17, 15) is 5.11 Å². The molecule has 0 radical (unpaired) electrons. The van der Waals surface area contributed by atoms with Gasteiger partial charge in [-0.15, -0.1) is 11.3 Å². The van der Waals surface area contributed by atoms with E-state index in [0.29, 0.717) is 12.0 Å². The molecule has 1 aliphatic carbocycles. The van der Waals surface area contributed by atoms with Gasteiger partial charge in [-0.05, 0) is 38.0 Å². The summed E-state index contributed by atoms with van der Waals surface area (Å²) in [4.78, 5) is 5.32. The Bertz CT molecular complexity index is 365. The fourth-order valence-corrected chi connectivity index (χ4v) is 3.10. The third-order valence-corrected chi connectivity index (χ3v) is 5.11. The normalized spacial score (nSPS) is 23.8. The number of aliphatic hydroxyl groups is 1. The van der Waals surface area contributed by atoms with Gasteiger partial charge in [-0.3, -0.25) is 4.98 Å². The molecule has 0 amide bonds. The Morgan fingerprint density at radius 2 is 2.06 bits per heavy atom. The number of hydrogen-bond acceptors (Lipinski definition) is 4. The minimum absolute atomic E-state index is 0.275. The standard InChI is InChI=1S/C14H24N2OS/c1-11(12-8-15-10-18-12)16-9-14(17)6-4-13(2,3)5-7-14/h8,10-11,16-17H,4-7,9H2,1-3H3. The first-order valence-corrected chi connectivity index (χ1v) is 7.62. The average molecular weight is 268 g/mol. The summed E-state index contributed by atoms with van der Waals surface area (Å²) in [5.41, 5.74) is 1.73. The predicted molar refractivity (Wildman–Crippen MR) is 75.7 cm³/mol. The van der Waals surface area contributed by atoms with Crippen molar-refractivity contribution in [3.05, 3.63) is 16.6 Å². The van der Waals surface area contributed by atoms with Gasteiger partial charge in [-0.1, -0.05) is 13.8 Å². The molecule has 1 unspecified atom stereocenters. The van der Waals surface area contributed by atoms with Gasteiger partial charge in [0.05, 0.1) is 11.1 Å². The average Bonchev–Trinajstić information content (AvgIpc) is 2.85. The first-order chi connectivity index (χ1) is 8.40. The van der Waals surface area contributed by atoms with Gasteiger partial charge in [0.2, 0.25) is 0 Å². The molecular formula is C14H24N2OS. The Morgan fingerprint density at radius 1 is 1.39 bits per heavy atom. The van der Waals surface area contributed by atoms with Crippen LogP contribution in [0.25, 0.3) is 0 Å². The fourth-order valence-electron chi connectivity index (χ4n) is 2.45. The van der Waals surface area contributed by atoms with E-state index in [1.165, 1.54) is 4.88 Å². The molecule has 0 aromatic carbocycles. The van der Waals surface area contributed by atoms with Gasteiger partial charge in [-0.2, -0.15) is 0 Å². The minimum atomic E-state index is -0.519. The molecule has 1 fully saturated rings. The Balaban J connectivity index is 1.83. The molecule has 18 heavy (non-hydrogen) atoms. The highest BCUT2D eigenvalue weighted by Crippen LogP contribution is 2.40. The number of thiazole rings is 1. The molecule has 1 atom stereocenters. The van der Waals surface area contributed by atoms with E-state index in [4.69, 9.17) is 0 Å². The smallest absolute Gasteiger partial charge is 0.0794 e. The van der Waals surface area contributed by atoms with E-state index in [1.807, 2.05) is 11.7 Å². The summed E-state index contributed by atoms with van der Waals surface area (Å²) in [6, 6.07) is 0.275. The molecular weight excluding hydrogens is 244 g/mol. The molecule has 1 aromatic heterocycles. The van der Waals surface area contributed by atoms with Crippen LogP contribution in [0.2, 0.25) is 0 Å². The van der Waals surface area contributed by atoms with E-state index >= 15 is 0 Å². The molecule has 1 aromatic rings. The molecule has 102 valence electrons. The predicted octanol–water partition coefficient (Wildman–Crippen LogP) is 3.13. The Labute approximate surface area is 114 Å². The number of rotatable bonds is 4. The van der Waals surface area contributed by atoms with Gasteiger partial charge in [0.1, 0.15) is 0 Å². The number of hydrogen-bond donors (Lipinski definition) is 2. The fraction of sp³-hybridized carbons (Fsp3) is 0.786. The van der Waals surface area contributed by atoms with Gasteiger partial charge in [0.15, 0.2) is 0 Å². The lowest BCUT2D eigenvalue weighted by atomic mass is 9.71. The second kappa shape index (κ2) is 5.27. The Kier molecular flexibility index (Phi) is 4.09. The van der Waals surface area contributed by atoms with E-state index < -0.39 is 5.60 Å². The highest BCUT2D eigenvalue weighted by molar-refractivity contribution is 7.09. The maximum absolute atomic E-state index is 10.6. The van der Waals surface area contributed by atoms with Crippen molar-refractivity contribution in [2.24, 2.45) is 5.41 Å². The van der Waals surface area contributed by atoms with Gasteiger partial charge in [-0.25, -0.2) is 0 Å². The summed E-state index contributed by atoms with van der Waals surface area (Å²) < 4.78 is 0. The van der Waals surface area contributed by atoms with Crippen molar-refractivity contribution in [2.45, 2.75) is 58.1 Å². The van der Waals surface area contributed by atoms with E-state index in [2.05, 4.69) is 31.1 Å². The maximum Gasteiger partial charge on any atom is 0.0794 e. The van der Waals surface area contributed by atoms with E-state index in [-0.39, 0.29) is 6.04 Å². The van der Waals surface area contributed by atoms with Gasteiger partial charge in [0, 0.05) is 23.7 Å². The van der Waals surface area contributed by atoms with Crippen molar-refractivity contribution in [1.29, 1.82) is 0 Å². The van der Waals surface area contributed by atoms with Crippen molar-refractivity contribution in [2.75, 3.05) is 6.54 Å². The zero-order valence-electron chi connectivity index (χ0n) is 11.6. The topological polar surface area (TPSA) is 45.1 Å².